The molecule has 0 atom stereocenters. The van der Waals surface area contributed by atoms with E-state index in [2.05, 4.69) is 40.5 Å². The van der Waals surface area contributed by atoms with Crippen LogP contribution >= 0.6 is 0 Å². The molecule has 4 heterocycles. The highest BCUT2D eigenvalue weighted by Crippen LogP contribution is 2.26. The Morgan fingerprint density at radius 3 is 2.54 bits per heavy atom. The molecule has 3 aromatic carbocycles. The van der Waals surface area contributed by atoms with Crippen LogP contribution in [0, 0.1) is 0 Å². The first kappa shape index (κ1) is 21.7. The molecule has 1 aliphatic heterocycles. The minimum absolute atomic E-state index is 0.194. The van der Waals surface area contributed by atoms with Crippen molar-refractivity contribution in [1.29, 1.82) is 0 Å². The van der Waals surface area contributed by atoms with Crippen molar-refractivity contribution in [1.82, 2.24) is 34.1 Å². The molecule has 0 spiro atoms. The van der Waals surface area contributed by atoms with E-state index in [-0.39, 0.29) is 5.91 Å². The van der Waals surface area contributed by atoms with Crippen LogP contribution in [0.3, 0.4) is 0 Å². The Kier molecular flexibility index (Phi) is 5.16. The van der Waals surface area contributed by atoms with E-state index >= 15 is 0 Å². The molecule has 37 heavy (non-hydrogen) atoms. The number of amides is 1. The van der Waals surface area contributed by atoms with Crippen molar-refractivity contribution >= 4 is 28.2 Å². The molecule has 0 aliphatic carbocycles. The molecule has 8 nitrogen and oxygen atoms in total. The van der Waals surface area contributed by atoms with Gasteiger partial charge in [0, 0.05) is 36.9 Å². The van der Waals surface area contributed by atoms with Gasteiger partial charge in [0.2, 0.25) is 5.91 Å². The minimum atomic E-state index is 0.194. The highest BCUT2D eigenvalue weighted by Gasteiger charge is 2.21. The third-order valence-corrected chi connectivity index (χ3v) is 7.20. The number of rotatable bonds is 5. The lowest BCUT2D eigenvalue weighted by Gasteiger charge is -2.29. The maximum atomic E-state index is 13.0. The predicted octanol–water partition coefficient (Wildman–Crippen LogP) is 4.50. The first-order valence-electron chi connectivity index (χ1n) is 12.7. The molecule has 3 aromatic heterocycles. The monoisotopic (exact) mass is 487 g/mol. The fraction of sp³-hybridized carbons (Fsp3) is 0.207. The number of para-hydroxylation sites is 1. The van der Waals surface area contributed by atoms with Crippen LogP contribution in [0.2, 0.25) is 0 Å². The number of fused-ring (bicyclic) bond motifs is 7. The summed E-state index contributed by atoms with van der Waals surface area (Å²) in [4.78, 5) is 19.8. The van der Waals surface area contributed by atoms with E-state index in [1.165, 1.54) is 11.1 Å². The van der Waals surface area contributed by atoms with E-state index in [0.29, 0.717) is 37.4 Å². The SMILES string of the molecule is O=C(CCCc1nnc2n3nc(-c4ccccc4)nc3c3ccccc3n12)N1CCc2ccccc2C1. The Bertz CT molecular complexity index is 1770. The van der Waals surface area contributed by atoms with Gasteiger partial charge in [0.05, 0.1) is 5.52 Å². The van der Waals surface area contributed by atoms with Gasteiger partial charge in [-0.25, -0.2) is 4.98 Å². The van der Waals surface area contributed by atoms with Gasteiger partial charge in [-0.05, 0) is 36.1 Å². The summed E-state index contributed by atoms with van der Waals surface area (Å²) in [6.07, 6.45) is 2.75. The average Bonchev–Trinajstić information content (AvgIpc) is 3.59. The maximum Gasteiger partial charge on any atom is 0.258 e. The highest BCUT2D eigenvalue weighted by molar-refractivity contribution is 5.94. The molecular weight excluding hydrogens is 462 g/mol. The summed E-state index contributed by atoms with van der Waals surface area (Å²) in [5.74, 6) is 2.29. The molecule has 8 heteroatoms. The largest absolute Gasteiger partial charge is 0.338 e. The Balaban J connectivity index is 1.18. The molecule has 0 saturated carbocycles. The fourth-order valence-corrected chi connectivity index (χ4v) is 5.31. The van der Waals surface area contributed by atoms with Crippen LogP contribution in [-0.2, 0) is 24.2 Å². The first-order valence-corrected chi connectivity index (χ1v) is 12.7. The summed E-state index contributed by atoms with van der Waals surface area (Å²) < 4.78 is 3.82. The van der Waals surface area contributed by atoms with Crippen molar-refractivity contribution < 1.29 is 4.79 Å². The predicted molar refractivity (Wildman–Crippen MR) is 141 cm³/mol. The van der Waals surface area contributed by atoms with E-state index in [0.717, 1.165) is 40.9 Å². The zero-order valence-electron chi connectivity index (χ0n) is 20.3. The summed E-state index contributed by atoms with van der Waals surface area (Å²) in [5, 5.41) is 14.8. The lowest BCUT2D eigenvalue weighted by atomic mass is 9.99. The molecule has 0 fully saturated rings. The summed E-state index contributed by atoms with van der Waals surface area (Å²) in [6, 6.07) is 26.5. The third kappa shape index (κ3) is 3.72. The lowest BCUT2D eigenvalue weighted by molar-refractivity contribution is -0.132. The second-order valence-electron chi connectivity index (χ2n) is 9.49. The molecular formula is C29H25N7O. The van der Waals surface area contributed by atoms with E-state index in [1.807, 2.05) is 57.8 Å². The summed E-state index contributed by atoms with van der Waals surface area (Å²) in [6.45, 7) is 1.48. The Labute approximate surface area is 213 Å². The minimum Gasteiger partial charge on any atom is -0.338 e. The molecule has 6 aromatic rings. The van der Waals surface area contributed by atoms with Crippen LogP contribution < -0.4 is 0 Å². The van der Waals surface area contributed by atoms with Crippen molar-refractivity contribution in [2.45, 2.75) is 32.2 Å². The van der Waals surface area contributed by atoms with Crippen LogP contribution in [0.25, 0.3) is 33.7 Å². The average molecular weight is 488 g/mol. The smallest absolute Gasteiger partial charge is 0.258 e. The highest BCUT2D eigenvalue weighted by atomic mass is 16.2. The van der Waals surface area contributed by atoms with Gasteiger partial charge in [-0.15, -0.1) is 15.3 Å². The number of hydrogen-bond acceptors (Lipinski definition) is 5. The van der Waals surface area contributed by atoms with Crippen LogP contribution in [0.1, 0.15) is 29.8 Å². The number of carbonyl (C=O) groups is 1. The summed E-state index contributed by atoms with van der Waals surface area (Å²) >= 11 is 0. The Morgan fingerprint density at radius 1 is 0.865 bits per heavy atom. The van der Waals surface area contributed by atoms with Crippen molar-refractivity contribution in [3.63, 3.8) is 0 Å². The lowest BCUT2D eigenvalue weighted by Crippen LogP contribution is -2.35. The molecule has 0 unspecified atom stereocenters. The fourth-order valence-electron chi connectivity index (χ4n) is 5.31. The second kappa shape index (κ2) is 8.81. The summed E-state index contributed by atoms with van der Waals surface area (Å²) in [7, 11) is 0. The van der Waals surface area contributed by atoms with Gasteiger partial charge >= 0.3 is 0 Å². The summed E-state index contributed by atoms with van der Waals surface area (Å²) in [5.41, 5.74) is 5.29. The molecule has 0 N–H and O–H groups in total. The van der Waals surface area contributed by atoms with Gasteiger partial charge in [-0.2, -0.15) is 4.52 Å². The zero-order valence-corrected chi connectivity index (χ0v) is 20.3. The zero-order chi connectivity index (χ0) is 24.8. The van der Waals surface area contributed by atoms with Crippen LogP contribution in [0.15, 0.2) is 78.9 Å². The van der Waals surface area contributed by atoms with E-state index in [9.17, 15) is 4.79 Å². The maximum absolute atomic E-state index is 13.0. The first-order chi connectivity index (χ1) is 18.3. The Hall–Kier alpha value is -4.59. The van der Waals surface area contributed by atoms with Gasteiger partial charge in [0.1, 0.15) is 5.82 Å². The van der Waals surface area contributed by atoms with Gasteiger partial charge in [0.15, 0.2) is 11.5 Å². The van der Waals surface area contributed by atoms with Crippen LogP contribution in [0.4, 0.5) is 0 Å². The van der Waals surface area contributed by atoms with Gasteiger partial charge in [-0.1, -0.05) is 66.7 Å². The quantitative estimate of drug-likeness (QED) is 0.358. The molecule has 0 saturated heterocycles. The number of aryl methyl sites for hydroxylation is 1. The molecule has 0 bridgehead atoms. The van der Waals surface area contributed by atoms with Crippen molar-refractivity contribution in [2.24, 2.45) is 0 Å². The molecule has 182 valence electrons. The third-order valence-electron chi connectivity index (χ3n) is 7.20. The number of hydrogen-bond donors (Lipinski definition) is 0. The number of carbonyl (C=O) groups excluding carboxylic acids is 1. The number of nitrogens with zero attached hydrogens (tertiary/aromatic N) is 7. The number of aromatic nitrogens is 6. The second-order valence-corrected chi connectivity index (χ2v) is 9.49. The van der Waals surface area contributed by atoms with Gasteiger partial charge < -0.3 is 4.90 Å². The molecule has 1 aliphatic rings. The van der Waals surface area contributed by atoms with Crippen LogP contribution in [0.5, 0.6) is 0 Å². The van der Waals surface area contributed by atoms with Crippen molar-refractivity contribution in [3.8, 4) is 11.4 Å². The van der Waals surface area contributed by atoms with E-state index in [1.54, 1.807) is 4.52 Å². The molecule has 7 rings (SSSR count). The topological polar surface area (TPSA) is 80.7 Å². The number of benzene rings is 3. The van der Waals surface area contributed by atoms with Gasteiger partial charge in [0.25, 0.3) is 5.78 Å². The van der Waals surface area contributed by atoms with Crippen molar-refractivity contribution in [2.75, 3.05) is 6.54 Å². The Morgan fingerprint density at radius 2 is 1.65 bits per heavy atom. The standard InChI is InChI=1S/C29H25N7O/c37-26(34-18-17-20-9-4-5-12-22(20)19-34)16-8-15-25-31-32-29-35(25)24-14-7-6-13-23(24)28-30-27(33-36(28)29)21-10-2-1-3-11-21/h1-7,9-14H,8,15-19H2. The van der Waals surface area contributed by atoms with E-state index < -0.39 is 0 Å². The molecule has 1 amide bonds. The molecule has 0 radical (unpaired) electrons. The van der Waals surface area contributed by atoms with E-state index in [4.69, 9.17) is 10.1 Å². The van der Waals surface area contributed by atoms with Gasteiger partial charge in [-0.3, -0.25) is 9.20 Å². The normalized spacial score (nSPS) is 13.5. The van der Waals surface area contributed by atoms with Crippen LogP contribution in [-0.4, -0.2) is 46.5 Å². The van der Waals surface area contributed by atoms with Crippen molar-refractivity contribution in [3.05, 3.63) is 95.8 Å².